The number of para-hydroxylation sites is 1. The number of benzene rings is 3. The summed E-state index contributed by atoms with van der Waals surface area (Å²) in [6.45, 7) is 0.554. The minimum absolute atomic E-state index is 0.161. The van der Waals surface area contributed by atoms with Gasteiger partial charge in [0.05, 0.1) is 10.6 Å². The van der Waals surface area contributed by atoms with Crippen LogP contribution in [-0.2, 0) is 10.0 Å². The summed E-state index contributed by atoms with van der Waals surface area (Å²) in [7, 11) is -3.77. The summed E-state index contributed by atoms with van der Waals surface area (Å²) in [4.78, 5) is 12.4. The molecule has 0 aliphatic rings. The third-order valence-electron chi connectivity index (χ3n) is 4.36. The van der Waals surface area contributed by atoms with E-state index in [0.717, 1.165) is 4.47 Å². The molecule has 156 valence electrons. The fraction of sp³-hybridized carbons (Fsp3) is 0.136. The second-order valence-electron chi connectivity index (χ2n) is 6.49. The van der Waals surface area contributed by atoms with E-state index in [4.69, 9.17) is 11.6 Å². The lowest BCUT2D eigenvalue weighted by Crippen LogP contribution is -2.34. The van der Waals surface area contributed by atoms with Gasteiger partial charge in [-0.3, -0.25) is 9.10 Å². The standard InChI is InChI=1S/C22H20BrClN2O3S/c23-18-7-4-6-17(16-18)22(27)25-14-5-15-26(20-8-2-1-3-9-20)30(28,29)21-12-10-19(24)11-13-21/h1-4,6-13,16H,5,14-15H2,(H,25,27). The zero-order valence-electron chi connectivity index (χ0n) is 16.0. The number of carbonyl (C=O) groups excluding carboxylic acids is 1. The molecule has 1 N–H and O–H groups in total. The highest BCUT2D eigenvalue weighted by atomic mass is 79.9. The molecule has 0 fully saturated rings. The lowest BCUT2D eigenvalue weighted by atomic mass is 10.2. The molecule has 0 saturated carbocycles. The molecule has 0 heterocycles. The second-order valence-corrected chi connectivity index (χ2v) is 9.70. The van der Waals surface area contributed by atoms with Gasteiger partial charge in [0.1, 0.15) is 0 Å². The van der Waals surface area contributed by atoms with Crippen molar-refractivity contribution in [2.75, 3.05) is 17.4 Å². The quantitative estimate of drug-likeness (QED) is 0.431. The van der Waals surface area contributed by atoms with Crippen molar-refractivity contribution < 1.29 is 13.2 Å². The molecule has 30 heavy (non-hydrogen) atoms. The fourth-order valence-electron chi connectivity index (χ4n) is 2.87. The molecule has 0 atom stereocenters. The average molecular weight is 508 g/mol. The monoisotopic (exact) mass is 506 g/mol. The Morgan fingerprint density at radius 2 is 1.67 bits per heavy atom. The highest BCUT2D eigenvalue weighted by Gasteiger charge is 2.24. The third kappa shape index (κ3) is 5.62. The number of carbonyl (C=O) groups is 1. The van der Waals surface area contributed by atoms with Crippen LogP contribution in [0.25, 0.3) is 0 Å². The molecule has 0 aliphatic carbocycles. The van der Waals surface area contributed by atoms with Crippen molar-refractivity contribution in [1.82, 2.24) is 5.32 Å². The van der Waals surface area contributed by atoms with Gasteiger partial charge in [0, 0.05) is 28.1 Å². The van der Waals surface area contributed by atoms with Gasteiger partial charge in [0.15, 0.2) is 0 Å². The summed E-state index contributed by atoms with van der Waals surface area (Å²) in [5, 5.41) is 3.30. The highest BCUT2D eigenvalue weighted by Crippen LogP contribution is 2.24. The summed E-state index contributed by atoms with van der Waals surface area (Å²) in [5.41, 5.74) is 1.10. The first-order valence-electron chi connectivity index (χ1n) is 9.25. The minimum atomic E-state index is -3.77. The zero-order chi connectivity index (χ0) is 21.6. The Balaban J connectivity index is 1.71. The van der Waals surface area contributed by atoms with Crippen LogP contribution in [0.2, 0.25) is 5.02 Å². The van der Waals surface area contributed by atoms with Gasteiger partial charge in [-0.2, -0.15) is 0 Å². The van der Waals surface area contributed by atoms with Crippen molar-refractivity contribution in [2.45, 2.75) is 11.3 Å². The second kappa shape index (κ2) is 10.1. The molecule has 3 aromatic rings. The molecule has 3 aromatic carbocycles. The Morgan fingerprint density at radius 1 is 0.967 bits per heavy atom. The molecule has 0 spiro atoms. The molecular weight excluding hydrogens is 488 g/mol. The molecule has 0 radical (unpaired) electrons. The number of amides is 1. The van der Waals surface area contributed by atoms with Crippen LogP contribution in [0.4, 0.5) is 5.69 Å². The van der Waals surface area contributed by atoms with E-state index >= 15 is 0 Å². The fourth-order valence-corrected chi connectivity index (χ4v) is 4.90. The molecular formula is C22H20BrClN2O3S. The van der Waals surface area contributed by atoms with Crippen molar-refractivity contribution >= 4 is 49.1 Å². The normalized spacial score (nSPS) is 11.1. The lowest BCUT2D eigenvalue weighted by molar-refractivity contribution is 0.0953. The first-order chi connectivity index (χ1) is 14.4. The van der Waals surface area contributed by atoms with E-state index in [1.807, 2.05) is 12.1 Å². The number of rotatable bonds is 8. The molecule has 0 aliphatic heterocycles. The van der Waals surface area contributed by atoms with Gasteiger partial charge in [-0.15, -0.1) is 0 Å². The predicted octanol–water partition coefficient (Wildman–Crippen LogP) is 5.12. The van der Waals surface area contributed by atoms with Gasteiger partial charge < -0.3 is 5.32 Å². The smallest absolute Gasteiger partial charge is 0.264 e. The van der Waals surface area contributed by atoms with Gasteiger partial charge in [0.25, 0.3) is 15.9 Å². The molecule has 3 rings (SSSR count). The summed E-state index contributed by atoms with van der Waals surface area (Å²) in [6.07, 6.45) is 0.446. The molecule has 1 amide bonds. The number of nitrogens with zero attached hydrogens (tertiary/aromatic N) is 1. The summed E-state index contributed by atoms with van der Waals surface area (Å²) in [6, 6.07) is 22.1. The van der Waals surface area contributed by atoms with E-state index in [-0.39, 0.29) is 17.3 Å². The Hall–Kier alpha value is -2.35. The molecule has 0 aromatic heterocycles. The molecule has 5 nitrogen and oxygen atoms in total. The number of halogens is 2. The van der Waals surface area contributed by atoms with Crippen LogP contribution in [0.1, 0.15) is 16.8 Å². The maximum Gasteiger partial charge on any atom is 0.264 e. The highest BCUT2D eigenvalue weighted by molar-refractivity contribution is 9.10. The van der Waals surface area contributed by atoms with Crippen LogP contribution in [-0.4, -0.2) is 27.4 Å². The molecule has 0 bridgehead atoms. The van der Waals surface area contributed by atoms with E-state index in [1.54, 1.807) is 54.6 Å². The predicted molar refractivity (Wildman–Crippen MR) is 124 cm³/mol. The molecule has 8 heteroatoms. The van der Waals surface area contributed by atoms with Crippen LogP contribution in [0.3, 0.4) is 0 Å². The van der Waals surface area contributed by atoms with Gasteiger partial charge in [-0.25, -0.2) is 8.42 Å². The van der Waals surface area contributed by atoms with E-state index in [9.17, 15) is 13.2 Å². The van der Waals surface area contributed by atoms with E-state index in [2.05, 4.69) is 21.2 Å². The summed E-state index contributed by atoms with van der Waals surface area (Å²) in [5.74, 6) is -0.205. The van der Waals surface area contributed by atoms with Crippen molar-refractivity contribution in [1.29, 1.82) is 0 Å². The van der Waals surface area contributed by atoms with Gasteiger partial charge >= 0.3 is 0 Å². The number of sulfonamides is 1. The van der Waals surface area contributed by atoms with E-state index < -0.39 is 10.0 Å². The van der Waals surface area contributed by atoms with Crippen LogP contribution >= 0.6 is 27.5 Å². The van der Waals surface area contributed by atoms with Gasteiger partial charge in [0.2, 0.25) is 0 Å². The molecule has 0 saturated heterocycles. The number of nitrogens with one attached hydrogen (secondary N) is 1. The topological polar surface area (TPSA) is 66.5 Å². The van der Waals surface area contributed by atoms with Gasteiger partial charge in [-0.1, -0.05) is 51.8 Å². The van der Waals surface area contributed by atoms with Crippen LogP contribution in [0.5, 0.6) is 0 Å². The average Bonchev–Trinajstić information content (AvgIpc) is 2.74. The maximum absolute atomic E-state index is 13.2. The summed E-state index contributed by atoms with van der Waals surface area (Å²) >= 11 is 9.24. The SMILES string of the molecule is O=C(NCCCN(c1ccccc1)S(=O)(=O)c1ccc(Cl)cc1)c1cccc(Br)c1. The first kappa shape index (κ1) is 22.3. The van der Waals surface area contributed by atoms with E-state index in [1.165, 1.54) is 16.4 Å². The molecule has 0 unspecified atom stereocenters. The number of hydrogen-bond acceptors (Lipinski definition) is 3. The van der Waals surface area contributed by atoms with Gasteiger partial charge in [-0.05, 0) is 61.0 Å². The summed E-state index contributed by atoms with van der Waals surface area (Å²) < 4.78 is 28.6. The minimum Gasteiger partial charge on any atom is -0.352 e. The lowest BCUT2D eigenvalue weighted by Gasteiger charge is -2.24. The maximum atomic E-state index is 13.2. The Labute approximate surface area is 189 Å². The van der Waals surface area contributed by atoms with Crippen LogP contribution in [0.15, 0.2) is 88.2 Å². The first-order valence-corrected chi connectivity index (χ1v) is 11.9. The zero-order valence-corrected chi connectivity index (χ0v) is 19.1. The Morgan fingerprint density at radius 3 is 2.33 bits per heavy atom. The third-order valence-corrected chi connectivity index (χ3v) is 6.94. The van der Waals surface area contributed by atoms with Crippen molar-refractivity contribution in [2.24, 2.45) is 0 Å². The largest absolute Gasteiger partial charge is 0.352 e. The Kier molecular flexibility index (Phi) is 7.53. The number of anilines is 1. The van der Waals surface area contributed by atoms with Crippen molar-refractivity contribution in [3.63, 3.8) is 0 Å². The Bertz CT molecular complexity index is 1110. The number of hydrogen-bond donors (Lipinski definition) is 1. The van der Waals surface area contributed by atoms with Crippen molar-refractivity contribution in [3.8, 4) is 0 Å². The van der Waals surface area contributed by atoms with Crippen molar-refractivity contribution in [3.05, 3.63) is 93.9 Å². The van der Waals surface area contributed by atoms with E-state index in [0.29, 0.717) is 29.2 Å². The van der Waals surface area contributed by atoms with Crippen LogP contribution in [0, 0.1) is 0 Å². The van der Waals surface area contributed by atoms with Crippen LogP contribution < -0.4 is 9.62 Å².